The van der Waals surface area contributed by atoms with Crippen molar-refractivity contribution >= 4 is 17.3 Å². The molecule has 0 radical (unpaired) electrons. The third-order valence-electron chi connectivity index (χ3n) is 3.00. The minimum atomic E-state index is -0.390. The van der Waals surface area contributed by atoms with Crippen LogP contribution in [-0.4, -0.2) is 26.2 Å². The van der Waals surface area contributed by atoms with Gasteiger partial charge in [0, 0.05) is 13.1 Å². The highest BCUT2D eigenvalue weighted by Gasteiger charge is 2.18. The molecular formula is C16H26N2O2. The fourth-order valence-corrected chi connectivity index (χ4v) is 2.27. The number of para-hydroxylation sites is 1. The molecule has 0 amide bonds. The molecule has 1 aromatic rings. The van der Waals surface area contributed by atoms with Crippen LogP contribution in [0.2, 0.25) is 0 Å². The summed E-state index contributed by atoms with van der Waals surface area (Å²) in [5.74, 6) is 0.656. The van der Waals surface area contributed by atoms with Crippen LogP contribution in [0.1, 0.15) is 38.1 Å². The second-order valence-electron chi connectivity index (χ2n) is 5.92. The molecule has 4 heteroatoms. The van der Waals surface area contributed by atoms with Crippen LogP contribution >= 0.6 is 0 Å². The predicted molar refractivity (Wildman–Crippen MR) is 84.1 cm³/mol. The molecule has 112 valence electrons. The number of rotatable bonds is 6. The second-order valence-corrected chi connectivity index (χ2v) is 5.92. The van der Waals surface area contributed by atoms with Gasteiger partial charge in [0.1, 0.15) is 0 Å². The van der Waals surface area contributed by atoms with E-state index < -0.39 is 5.97 Å². The highest BCUT2D eigenvalue weighted by molar-refractivity contribution is 5.98. The Morgan fingerprint density at radius 1 is 1.20 bits per heavy atom. The summed E-state index contributed by atoms with van der Waals surface area (Å²) in [5, 5.41) is 0. The van der Waals surface area contributed by atoms with Crippen LogP contribution in [0.5, 0.6) is 0 Å². The number of carbonyl (C=O) groups excluding carboxylic acids is 1. The predicted octanol–water partition coefficient (Wildman–Crippen LogP) is 3.17. The van der Waals surface area contributed by atoms with E-state index in [2.05, 4.69) is 32.6 Å². The number of nitrogens with two attached hydrogens (primary N) is 1. The van der Waals surface area contributed by atoms with Crippen LogP contribution in [0.25, 0.3) is 0 Å². The van der Waals surface area contributed by atoms with Crippen molar-refractivity contribution in [3.05, 3.63) is 23.8 Å². The lowest BCUT2D eigenvalue weighted by atomic mass is 10.1. The molecule has 0 aliphatic heterocycles. The Morgan fingerprint density at radius 2 is 1.75 bits per heavy atom. The van der Waals surface area contributed by atoms with Crippen molar-refractivity contribution in [1.29, 1.82) is 0 Å². The molecule has 0 saturated carbocycles. The minimum Gasteiger partial charge on any atom is -0.465 e. The minimum absolute atomic E-state index is 0.390. The van der Waals surface area contributed by atoms with E-state index in [-0.39, 0.29) is 0 Å². The van der Waals surface area contributed by atoms with Gasteiger partial charge in [0.05, 0.1) is 24.0 Å². The first-order valence-corrected chi connectivity index (χ1v) is 7.08. The smallest absolute Gasteiger partial charge is 0.340 e. The average Bonchev–Trinajstić information content (AvgIpc) is 2.36. The van der Waals surface area contributed by atoms with Gasteiger partial charge in [-0.2, -0.15) is 0 Å². The maximum atomic E-state index is 11.7. The Balaban J connectivity index is 3.15. The van der Waals surface area contributed by atoms with Gasteiger partial charge in [0.15, 0.2) is 0 Å². The number of ether oxygens (including phenoxy) is 1. The summed E-state index contributed by atoms with van der Waals surface area (Å²) in [6, 6.07) is 5.52. The molecule has 0 aliphatic carbocycles. The molecule has 0 spiro atoms. The van der Waals surface area contributed by atoms with Gasteiger partial charge in [-0.25, -0.2) is 4.79 Å². The fraction of sp³-hybridized carbons (Fsp3) is 0.562. The largest absolute Gasteiger partial charge is 0.465 e. The van der Waals surface area contributed by atoms with Crippen molar-refractivity contribution in [2.24, 2.45) is 11.8 Å². The number of methoxy groups -OCH3 is 1. The SMILES string of the molecule is COC(=O)c1cccc(N(CC(C)C)CC(C)C)c1N. The van der Waals surface area contributed by atoms with Crippen LogP contribution < -0.4 is 10.6 Å². The molecule has 0 bridgehead atoms. The van der Waals surface area contributed by atoms with Gasteiger partial charge in [-0.15, -0.1) is 0 Å². The molecule has 2 N–H and O–H groups in total. The molecular weight excluding hydrogens is 252 g/mol. The Morgan fingerprint density at radius 3 is 2.20 bits per heavy atom. The van der Waals surface area contributed by atoms with Crippen LogP contribution in [0.15, 0.2) is 18.2 Å². The fourth-order valence-electron chi connectivity index (χ4n) is 2.27. The average molecular weight is 278 g/mol. The van der Waals surface area contributed by atoms with E-state index in [0.29, 0.717) is 23.1 Å². The van der Waals surface area contributed by atoms with E-state index in [1.165, 1.54) is 7.11 Å². The molecule has 1 rings (SSSR count). The van der Waals surface area contributed by atoms with Gasteiger partial charge in [-0.3, -0.25) is 0 Å². The summed E-state index contributed by atoms with van der Waals surface area (Å²) in [7, 11) is 1.37. The number of nitrogens with zero attached hydrogens (tertiary/aromatic N) is 1. The van der Waals surface area contributed by atoms with E-state index >= 15 is 0 Å². The summed E-state index contributed by atoms with van der Waals surface area (Å²) in [6.45, 7) is 10.5. The summed E-state index contributed by atoms with van der Waals surface area (Å²) < 4.78 is 4.78. The number of nitrogen functional groups attached to an aromatic ring is 1. The van der Waals surface area contributed by atoms with Crippen molar-refractivity contribution in [3.63, 3.8) is 0 Å². The van der Waals surface area contributed by atoms with Crippen LogP contribution in [-0.2, 0) is 4.74 Å². The number of hydrogen-bond acceptors (Lipinski definition) is 4. The molecule has 0 saturated heterocycles. The number of hydrogen-bond donors (Lipinski definition) is 1. The van der Waals surface area contributed by atoms with Gasteiger partial charge in [0.25, 0.3) is 0 Å². The third kappa shape index (κ3) is 4.15. The molecule has 0 aliphatic rings. The summed E-state index contributed by atoms with van der Waals surface area (Å²) in [4.78, 5) is 14.0. The molecule has 0 aromatic heterocycles. The standard InChI is InChI=1S/C16H26N2O2/c1-11(2)9-18(10-12(3)4)14-8-6-7-13(15(14)17)16(19)20-5/h6-8,11-12H,9-10,17H2,1-5H3. The third-order valence-corrected chi connectivity index (χ3v) is 3.00. The lowest BCUT2D eigenvalue weighted by molar-refractivity contribution is 0.0602. The lowest BCUT2D eigenvalue weighted by Crippen LogP contribution is -2.32. The topological polar surface area (TPSA) is 55.6 Å². The van der Waals surface area contributed by atoms with E-state index in [0.717, 1.165) is 18.8 Å². The Labute approximate surface area is 121 Å². The maximum Gasteiger partial charge on any atom is 0.340 e. The first-order valence-electron chi connectivity index (χ1n) is 7.08. The van der Waals surface area contributed by atoms with E-state index in [9.17, 15) is 4.79 Å². The van der Waals surface area contributed by atoms with E-state index in [1.54, 1.807) is 6.07 Å². The molecule has 0 atom stereocenters. The molecule has 4 nitrogen and oxygen atoms in total. The zero-order valence-corrected chi connectivity index (χ0v) is 13.1. The van der Waals surface area contributed by atoms with Crippen LogP contribution in [0, 0.1) is 11.8 Å². The maximum absolute atomic E-state index is 11.7. The molecule has 20 heavy (non-hydrogen) atoms. The highest BCUT2D eigenvalue weighted by Crippen LogP contribution is 2.28. The van der Waals surface area contributed by atoms with Crippen molar-refractivity contribution in [3.8, 4) is 0 Å². The molecule has 0 unspecified atom stereocenters. The Kier molecular flexibility index (Phi) is 5.86. The lowest BCUT2D eigenvalue weighted by Gasteiger charge is -2.30. The Bertz CT molecular complexity index is 446. The summed E-state index contributed by atoms with van der Waals surface area (Å²) in [5.41, 5.74) is 8.02. The van der Waals surface area contributed by atoms with Crippen molar-refractivity contribution in [2.75, 3.05) is 30.8 Å². The number of anilines is 2. The first-order chi connectivity index (χ1) is 9.36. The zero-order valence-electron chi connectivity index (χ0n) is 13.1. The second kappa shape index (κ2) is 7.17. The van der Waals surface area contributed by atoms with Gasteiger partial charge in [-0.05, 0) is 24.0 Å². The highest BCUT2D eigenvalue weighted by atomic mass is 16.5. The quantitative estimate of drug-likeness (QED) is 0.641. The van der Waals surface area contributed by atoms with Crippen LogP contribution in [0.4, 0.5) is 11.4 Å². The van der Waals surface area contributed by atoms with E-state index in [1.807, 2.05) is 12.1 Å². The van der Waals surface area contributed by atoms with Crippen molar-refractivity contribution in [2.45, 2.75) is 27.7 Å². The van der Waals surface area contributed by atoms with Crippen molar-refractivity contribution < 1.29 is 9.53 Å². The van der Waals surface area contributed by atoms with Gasteiger partial charge in [-0.1, -0.05) is 33.8 Å². The number of benzene rings is 1. The summed E-state index contributed by atoms with van der Waals surface area (Å²) >= 11 is 0. The normalized spacial score (nSPS) is 10.9. The Hall–Kier alpha value is -1.71. The first kappa shape index (κ1) is 16.3. The zero-order chi connectivity index (χ0) is 15.3. The van der Waals surface area contributed by atoms with E-state index in [4.69, 9.17) is 10.5 Å². The molecule has 0 fully saturated rings. The molecule has 0 heterocycles. The van der Waals surface area contributed by atoms with Gasteiger partial charge < -0.3 is 15.4 Å². The van der Waals surface area contributed by atoms with Gasteiger partial charge >= 0.3 is 5.97 Å². The number of carbonyl (C=O) groups is 1. The van der Waals surface area contributed by atoms with Crippen LogP contribution in [0.3, 0.4) is 0 Å². The van der Waals surface area contributed by atoms with Crippen molar-refractivity contribution in [1.82, 2.24) is 0 Å². The van der Waals surface area contributed by atoms with Gasteiger partial charge in [0.2, 0.25) is 0 Å². The summed E-state index contributed by atoms with van der Waals surface area (Å²) in [6.07, 6.45) is 0. The molecule has 1 aromatic carbocycles. The number of esters is 1. The monoisotopic (exact) mass is 278 g/mol.